The van der Waals surface area contributed by atoms with Gasteiger partial charge in [-0.15, -0.1) is 0 Å². The van der Waals surface area contributed by atoms with E-state index in [-0.39, 0.29) is 22.8 Å². The second kappa shape index (κ2) is 10.5. The first kappa shape index (κ1) is 26.4. The number of nitrogens with one attached hydrogen (secondary N) is 1. The van der Waals surface area contributed by atoms with E-state index in [1.807, 2.05) is 13.0 Å². The zero-order chi connectivity index (χ0) is 27.7. The van der Waals surface area contributed by atoms with Crippen molar-refractivity contribution in [2.24, 2.45) is 5.92 Å². The predicted octanol–water partition coefficient (Wildman–Crippen LogP) is 6.29. The molecule has 10 heteroatoms. The van der Waals surface area contributed by atoms with Crippen LogP contribution >= 0.6 is 0 Å². The van der Waals surface area contributed by atoms with Gasteiger partial charge < -0.3 is 10.1 Å². The van der Waals surface area contributed by atoms with E-state index in [4.69, 9.17) is 4.74 Å². The van der Waals surface area contributed by atoms with E-state index < -0.39 is 24.9 Å². The average Bonchev–Trinajstić information content (AvgIpc) is 3.61. The number of benzene rings is 2. The van der Waals surface area contributed by atoms with Crippen LogP contribution in [0.3, 0.4) is 0 Å². The molecule has 1 saturated carbocycles. The number of hydrogen-bond donors (Lipinski definition) is 1. The minimum Gasteiger partial charge on any atom is -0.497 e. The number of aryl methyl sites for hydroxylation is 1. The summed E-state index contributed by atoms with van der Waals surface area (Å²) in [7, 11) is 1.52. The topological polar surface area (TPSA) is 85.6 Å². The molecule has 1 fully saturated rings. The van der Waals surface area contributed by atoms with Crippen molar-refractivity contribution in [1.29, 1.82) is 0 Å². The molecule has 0 atom stereocenters. The smallest absolute Gasteiger partial charge is 0.390 e. The second-order valence-corrected chi connectivity index (χ2v) is 9.77. The third-order valence-electron chi connectivity index (χ3n) is 6.77. The number of Topliss-reactive ketones (excluding diaryl/α,β-unsaturated/α-hetero) is 1. The van der Waals surface area contributed by atoms with Crippen LogP contribution in [0, 0.1) is 12.8 Å². The largest absolute Gasteiger partial charge is 0.497 e. The van der Waals surface area contributed by atoms with Crippen LogP contribution in [0.1, 0.15) is 57.7 Å². The Labute approximate surface area is 223 Å². The van der Waals surface area contributed by atoms with Crippen LogP contribution < -0.4 is 10.1 Å². The quantitative estimate of drug-likeness (QED) is 0.240. The van der Waals surface area contributed by atoms with Gasteiger partial charge in [0.2, 0.25) is 5.78 Å². The molecule has 0 radical (unpaired) electrons. The van der Waals surface area contributed by atoms with Gasteiger partial charge in [-0.1, -0.05) is 12.1 Å². The molecule has 2 aromatic carbocycles. The van der Waals surface area contributed by atoms with Crippen molar-refractivity contribution in [3.63, 3.8) is 0 Å². The molecule has 0 amide bonds. The molecule has 5 rings (SSSR count). The van der Waals surface area contributed by atoms with E-state index in [0.717, 1.165) is 18.4 Å². The van der Waals surface area contributed by atoms with Gasteiger partial charge in [0, 0.05) is 29.7 Å². The maximum absolute atomic E-state index is 13.3. The van der Waals surface area contributed by atoms with E-state index in [1.54, 1.807) is 42.6 Å². The maximum atomic E-state index is 13.3. The van der Waals surface area contributed by atoms with Crippen molar-refractivity contribution < 1.29 is 27.5 Å². The van der Waals surface area contributed by atoms with Gasteiger partial charge in [-0.05, 0) is 67.6 Å². The highest BCUT2D eigenvalue weighted by Crippen LogP contribution is 2.34. The van der Waals surface area contributed by atoms with E-state index in [9.17, 15) is 22.8 Å². The minimum atomic E-state index is -4.34. The fourth-order valence-corrected chi connectivity index (χ4v) is 4.47. The Balaban J connectivity index is 1.54. The fourth-order valence-electron chi connectivity index (χ4n) is 4.47. The molecule has 0 aliphatic heterocycles. The SMILES string of the molecule is COc1ccc(C(=O)c2cc(NCCC(F)(F)F)c3ncc(-c4ccc(C(=O)CC5CC5)c(C)c4)n3n2)cc1. The monoisotopic (exact) mass is 536 g/mol. The van der Waals surface area contributed by atoms with Crippen molar-refractivity contribution in [3.8, 4) is 17.0 Å². The number of aromatic nitrogens is 3. The first-order chi connectivity index (χ1) is 18.6. The molecule has 7 nitrogen and oxygen atoms in total. The Morgan fingerprint density at radius 3 is 2.49 bits per heavy atom. The normalized spacial score (nSPS) is 13.5. The number of alkyl halides is 3. The van der Waals surface area contributed by atoms with E-state index >= 15 is 0 Å². The van der Waals surface area contributed by atoms with Crippen molar-refractivity contribution in [1.82, 2.24) is 14.6 Å². The lowest BCUT2D eigenvalue weighted by Crippen LogP contribution is -2.16. The molecule has 1 aliphatic carbocycles. The zero-order valence-corrected chi connectivity index (χ0v) is 21.5. The van der Waals surface area contributed by atoms with Crippen LogP contribution in [0.5, 0.6) is 5.75 Å². The Bertz CT molecular complexity index is 1540. The van der Waals surface area contributed by atoms with Gasteiger partial charge in [0.1, 0.15) is 11.4 Å². The molecule has 0 bridgehead atoms. The number of imidazole rings is 1. The number of anilines is 1. The summed E-state index contributed by atoms with van der Waals surface area (Å²) in [5.41, 5.74) is 3.65. The number of rotatable bonds is 10. The third-order valence-corrected chi connectivity index (χ3v) is 6.77. The number of fused-ring (bicyclic) bond motifs is 1. The van der Waals surface area contributed by atoms with Crippen LogP contribution in [0.2, 0.25) is 0 Å². The lowest BCUT2D eigenvalue weighted by molar-refractivity contribution is -0.131. The van der Waals surface area contributed by atoms with Crippen LogP contribution in [-0.4, -0.2) is 46.0 Å². The Hall–Kier alpha value is -4.21. The van der Waals surface area contributed by atoms with Crippen LogP contribution in [-0.2, 0) is 0 Å². The summed E-state index contributed by atoms with van der Waals surface area (Å²) in [5.74, 6) is 0.761. The van der Waals surface area contributed by atoms with Gasteiger partial charge in [-0.25, -0.2) is 9.50 Å². The second-order valence-electron chi connectivity index (χ2n) is 9.77. The molecule has 1 N–H and O–H groups in total. The standard InChI is InChI=1S/C29H27F3N4O3/c1-17-13-20(7-10-22(17)26(37)14-18-3-4-18)25-16-34-28-24(33-12-11-29(30,31)32)15-23(35-36(25)28)27(38)19-5-8-21(39-2)9-6-19/h5-10,13,15-16,18,33H,3-4,11-12,14H2,1-2H3. The molecule has 202 valence electrons. The highest BCUT2D eigenvalue weighted by molar-refractivity contribution is 6.08. The number of ether oxygens (including phenoxy) is 1. The fraction of sp³-hybridized carbons (Fsp3) is 0.310. The number of hydrogen-bond acceptors (Lipinski definition) is 6. The third kappa shape index (κ3) is 5.94. The number of ketones is 2. The van der Waals surface area contributed by atoms with Gasteiger partial charge in [0.05, 0.1) is 31.1 Å². The van der Waals surface area contributed by atoms with Crippen molar-refractivity contribution in [2.75, 3.05) is 19.0 Å². The summed E-state index contributed by atoms with van der Waals surface area (Å²) >= 11 is 0. The van der Waals surface area contributed by atoms with Gasteiger partial charge in [0.25, 0.3) is 0 Å². The minimum absolute atomic E-state index is 0.0365. The average molecular weight is 537 g/mol. The molecule has 4 aromatic rings. The highest BCUT2D eigenvalue weighted by atomic mass is 19.4. The number of halogens is 3. The maximum Gasteiger partial charge on any atom is 0.390 e. The van der Waals surface area contributed by atoms with Crippen LogP contribution in [0.15, 0.2) is 54.7 Å². The molecule has 2 aromatic heterocycles. The molecule has 39 heavy (non-hydrogen) atoms. The van der Waals surface area contributed by atoms with E-state index in [1.165, 1.54) is 17.7 Å². The molecule has 2 heterocycles. The van der Waals surface area contributed by atoms with Gasteiger partial charge in [0.15, 0.2) is 11.4 Å². The first-order valence-corrected chi connectivity index (χ1v) is 12.7. The molecule has 0 spiro atoms. The summed E-state index contributed by atoms with van der Waals surface area (Å²) in [6.07, 6.45) is -1.11. The van der Waals surface area contributed by atoms with Crippen molar-refractivity contribution >= 4 is 22.9 Å². The van der Waals surface area contributed by atoms with Gasteiger partial charge in [-0.3, -0.25) is 9.59 Å². The van der Waals surface area contributed by atoms with Crippen molar-refractivity contribution in [2.45, 2.75) is 38.8 Å². The Morgan fingerprint density at radius 1 is 1.10 bits per heavy atom. The first-order valence-electron chi connectivity index (χ1n) is 12.7. The highest BCUT2D eigenvalue weighted by Gasteiger charge is 2.27. The van der Waals surface area contributed by atoms with E-state index in [0.29, 0.717) is 40.5 Å². The molecular weight excluding hydrogens is 509 g/mol. The number of nitrogens with zero attached hydrogens (tertiary/aromatic N) is 3. The summed E-state index contributed by atoms with van der Waals surface area (Å²) in [5, 5.41) is 7.30. The summed E-state index contributed by atoms with van der Waals surface area (Å²) < 4.78 is 45.1. The lowest BCUT2D eigenvalue weighted by Gasteiger charge is -2.12. The van der Waals surface area contributed by atoms with Gasteiger partial charge >= 0.3 is 6.18 Å². The molecule has 0 saturated heterocycles. The summed E-state index contributed by atoms with van der Waals surface area (Å²) in [6, 6.07) is 13.3. The van der Waals surface area contributed by atoms with Crippen LogP contribution in [0.25, 0.3) is 16.9 Å². The van der Waals surface area contributed by atoms with Crippen molar-refractivity contribution in [3.05, 3.63) is 77.1 Å². The molecule has 0 unspecified atom stereocenters. The number of carbonyl (C=O) groups is 2. The van der Waals surface area contributed by atoms with Crippen LogP contribution in [0.4, 0.5) is 18.9 Å². The summed E-state index contributed by atoms with van der Waals surface area (Å²) in [6.45, 7) is 1.47. The lowest BCUT2D eigenvalue weighted by atomic mass is 9.98. The van der Waals surface area contributed by atoms with Gasteiger partial charge in [-0.2, -0.15) is 18.3 Å². The predicted molar refractivity (Wildman–Crippen MR) is 140 cm³/mol. The zero-order valence-electron chi connectivity index (χ0n) is 21.5. The Morgan fingerprint density at radius 2 is 1.85 bits per heavy atom. The number of methoxy groups -OCH3 is 1. The molecule has 1 aliphatic rings. The Kier molecular flexibility index (Phi) is 7.12. The summed E-state index contributed by atoms with van der Waals surface area (Å²) in [4.78, 5) is 30.4. The van der Waals surface area contributed by atoms with E-state index in [2.05, 4.69) is 15.4 Å². The number of carbonyl (C=O) groups excluding carboxylic acids is 2. The molecular formula is C29H27F3N4O3.